The molecule has 0 radical (unpaired) electrons. The van der Waals surface area contributed by atoms with Gasteiger partial charge in [-0.3, -0.25) is 4.79 Å². The summed E-state index contributed by atoms with van der Waals surface area (Å²) in [4.78, 5) is 25.4. The quantitative estimate of drug-likeness (QED) is 0.682. The van der Waals surface area contributed by atoms with E-state index in [1.165, 1.54) is 6.92 Å². The fourth-order valence-corrected chi connectivity index (χ4v) is 3.62. The van der Waals surface area contributed by atoms with Crippen LogP contribution in [0.3, 0.4) is 0 Å². The van der Waals surface area contributed by atoms with E-state index in [1.807, 2.05) is 38.1 Å². The van der Waals surface area contributed by atoms with Gasteiger partial charge in [-0.05, 0) is 56.7 Å². The summed E-state index contributed by atoms with van der Waals surface area (Å²) in [5.74, 6) is 0.688. The molecule has 28 heavy (non-hydrogen) atoms. The summed E-state index contributed by atoms with van der Waals surface area (Å²) in [5, 5.41) is 3.71. The topological polar surface area (TPSA) is 71.8 Å². The Kier molecular flexibility index (Phi) is 4.34. The van der Waals surface area contributed by atoms with Crippen molar-refractivity contribution in [2.24, 2.45) is 0 Å². The van der Waals surface area contributed by atoms with E-state index < -0.39 is 0 Å². The minimum Gasteiger partial charge on any atom is -0.472 e. The van der Waals surface area contributed by atoms with E-state index in [-0.39, 0.29) is 11.5 Å². The second-order valence-corrected chi connectivity index (χ2v) is 7.21. The second-order valence-electron chi connectivity index (χ2n) is 7.21. The number of nitrogens with one attached hydrogen (secondary N) is 1. The van der Waals surface area contributed by atoms with Crippen molar-refractivity contribution in [2.75, 3.05) is 16.9 Å². The van der Waals surface area contributed by atoms with Crippen molar-refractivity contribution in [2.45, 2.75) is 34.2 Å². The van der Waals surface area contributed by atoms with Crippen LogP contribution in [-0.4, -0.2) is 12.6 Å². The number of anilines is 2. The molecule has 6 heteroatoms. The number of amides is 1. The van der Waals surface area contributed by atoms with E-state index >= 15 is 0 Å². The Morgan fingerprint density at radius 1 is 1.07 bits per heavy atom. The maximum absolute atomic E-state index is 12.1. The molecule has 2 heterocycles. The molecule has 1 aromatic heterocycles. The summed E-state index contributed by atoms with van der Waals surface area (Å²) in [6.07, 6.45) is 0. The summed E-state index contributed by atoms with van der Waals surface area (Å²) in [6, 6.07) is 9.73. The predicted octanol–water partition coefficient (Wildman–Crippen LogP) is 4.03. The molecule has 0 bridgehead atoms. The van der Waals surface area contributed by atoms with Gasteiger partial charge in [0, 0.05) is 46.9 Å². The highest BCUT2D eigenvalue weighted by Crippen LogP contribution is 2.37. The Balaban J connectivity index is 1.71. The molecular formula is C22H22N2O4. The molecule has 6 nitrogen and oxygen atoms in total. The van der Waals surface area contributed by atoms with Gasteiger partial charge >= 0.3 is 5.63 Å². The van der Waals surface area contributed by atoms with E-state index in [9.17, 15) is 9.59 Å². The van der Waals surface area contributed by atoms with Crippen molar-refractivity contribution in [3.05, 3.63) is 63.0 Å². The number of carbonyl (C=O) groups is 1. The number of benzene rings is 2. The molecule has 0 fully saturated rings. The molecule has 1 N–H and O–H groups in total. The lowest BCUT2D eigenvalue weighted by Gasteiger charge is -2.32. The summed E-state index contributed by atoms with van der Waals surface area (Å²) >= 11 is 0. The molecule has 0 spiro atoms. The van der Waals surface area contributed by atoms with Gasteiger partial charge in [0.2, 0.25) is 5.91 Å². The lowest BCUT2D eigenvalue weighted by molar-refractivity contribution is -0.114. The SMILES string of the molecule is CC(=O)Nc1ccc(N2COc3c(cc4c(C)c(C)c(=O)oc4c3C)C2)cc1. The molecule has 1 amide bonds. The van der Waals surface area contributed by atoms with Crippen LogP contribution in [0.15, 0.2) is 39.5 Å². The maximum atomic E-state index is 12.1. The van der Waals surface area contributed by atoms with E-state index in [0.29, 0.717) is 24.4 Å². The maximum Gasteiger partial charge on any atom is 0.339 e. The predicted molar refractivity (Wildman–Crippen MR) is 109 cm³/mol. The highest BCUT2D eigenvalue weighted by Gasteiger charge is 2.23. The Morgan fingerprint density at radius 2 is 1.79 bits per heavy atom. The average molecular weight is 378 g/mol. The highest BCUT2D eigenvalue weighted by atomic mass is 16.5. The van der Waals surface area contributed by atoms with E-state index in [1.54, 1.807) is 6.92 Å². The molecule has 2 aromatic carbocycles. The zero-order valence-electron chi connectivity index (χ0n) is 16.4. The van der Waals surface area contributed by atoms with Gasteiger partial charge in [-0.15, -0.1) is 0 Å². The standard InChI is InChI=1S/C22H22N2O4/c1-12-13(2)22(26)28-21-14(3)20-16(9-19(12)21)10-24(11-27-20)18-7-5-17(6-8-18)23-15(4)25/h5-9H,10-11H2,1-4H3,(H,23,25). The average Bonchev–Trinajstić information content (AvgIpc) is 2.67. The smallest absolute Gasteiger partial charge is 0.339 e. The first-order chi connectivity index (χ1) is 13.3. The molecule has 0 saturated heterocycles. The number of hydrogen-bond acceptors (Lipinski definition) is 5. The van der Waals surface area contributed by atoms with Crippen molar-refractivity contribution in [3.63, 3.8) is 0 Å². The first-order valence-corrected chi connectivity index (χ1v) is 9.17. The number of hydrogen-bond donors (Lipinski definition) is 1. The number of aryl methyl sites for hydroxylation is 2. The van der Waals surface area contributed by atoms with Crippen LogP contribution in [0.25, 0.3) is 11.0 Å². The Bertz CT molecular complexity index is 1150. The summed E-state index contributed by atoms with van der Waals surface area (Å²) < 4.78 is 11.6. The molecule has 4 rings (SSSR count). The first kappa shape index (κ1) is 18.1. The fourth-order valence-electron chi connectivity index (χ4n) is 3.62. The number of rotatable bonds is 2. The Hall–Kier alpha value is -3.28. The zero-order valence-corrected chi connectivity index (χ0v) is 16.4. The molecule has 0 unspecified atom stereocenters. The van der Waals surface area contributed by atoms with Crippen LogP contribution in [0.5, 0.6) is 5.75 Å². The van der Waals surface area contributed by atoms with Gasteiger partial charge in [-0.2, -0.15) is 0 Å². The molecular weight excluding hydrogens is 356 g/mol. The van der Waals surface area contributed by atoms with Crippen molar-refractivity contribution >= 4 is 28.3 Å². The van der Waals surface area contributed by atoms with Crippen molar-refractivity contribution in [3.8, 4) is 5.75 Å². The number of nitrogens with zero attached hydrogens (tertiary/aromatic N) is 1. The minimum atomic E-state index is -0.301. The summed E-state index contributed by atoms with van der Waals surface area (Å²) in [5.41, 5.74) is 5.54. The molecule has 0 atom stereocenters. The molecule has 1 aliphatic rings. The van der Waals surface area contributed by atoms with Gasteiger partial charge in [0.25, 0.3) is 0 Å². The van der Waals surface area contributed by atoms with Gasteiger partial charge in [-0.1, -0.05) is 0 Å². The van der Waals surface area contributed by atoms with Crippen LogP contribution in [0.2, 0.25) is 0 Å². The molecule has 3 aromatic rings. The second kappa shape index (κ2) is 6.71. The van der Waals surface area contributed by atoms with Crippen LogP contribution < -0.4 is 20.6 Å². The van der Waals surface area contributed by atoms with Gasteiger partial charge in [0.1, 0.15) is 11.3 Å². The van der Waals surface area contributed by atoms with Crippen molar-refractivity contribution < 1.29 is 13.9 Å². The van der Waals surface area contributed by atoms with Crippen LogP contribution in [0, 0.1) is 20.8 Å². The van der Waals surface area contributed by atoms with Crippen LogP contribution >= 0.6 is 0 Å². The van der Waals surface area contributed by atoms with Crippen molar-refractivity contribution in [1.82, 2.24) is 0 Å². The Labute approximate surface area is 162 Å². The summed E-state index contributed by atoms with van der Waals surface area (Å²) in [6.45, 7) is 8.23. The fraction of sp³-hybridized carbons (Fsp3) is 0.273. The number of fused-ring (bicyclic) bond motifs is 2. The van der Waals surface area contributed by atoms with E-state index in [0.717, 1.165) is 39.2 Å². The van der Waals surface area contributed by atoms with E-state index in [2.05, 4.69) is 16.3 Å². The van der Waals surface area contributed by atoms with Crippen LogP contribution in [-0.2, 0) is 11.3 Å². The number of ether oxygens (including phenoxy) is 1. The monoisotopic (exact) mass is 378 g/mol. The lowest BCUT2D eigenvalue weighted by atomic mass is 9.99. The van der Waals surface area contributed by atoms with Gasteiger partial charge in [0.15, 0.2) is 6.73 Å². The normalized spacial score (nSPS) is 13.2. The van der Waals surface area contributed by atoms with Crippen molar-refractivity contribution in [1.29, 1.82) is 0 Å². The number of carbonyl (C=O) groups excluding carboxylic acids is 1. The highest BCUT2D eigenvalue weighted by molar-refractivity contribution is 5.89. The van der Waals surface area contributed by atoms with E-state index in [4.69, 9.17) is 9.15 Å². The van der Waals surface area contributed by atoms with Crippen LogP contribution in [0.4, 0.5) is 11.4 Å². The first-order valence-electron chi connectivity index (χ1n) is 9.17. The third kappa shape index (κ3) is 3.01. The zero-order chi connectivity index (χ0) is 20.0. The van der Waals surface area contributed by atoms with Gasteiger partial charge < -0.3 is 19.4 Å². The largest absolute Gasteiger partial charge is 0.472 e. The molecule has 0 saturated carbocycles. The Morgan fingerprint density at radius 3 is 2.46 bits per heavy atom. The van der Waals surface area contributed by atoms with Gasteiger partial charge in [-0.25, -0.2) is 4.79 Å². The molecule has 1 aliphatic heterocycles. The third-order valence-electron chi connectivity index (χ3n) is 5.28. The third-order valence-corrected chi connectivity index (χ3v) is 5.28. The lowest BCUT2D eigenvalue weighted by Crippen LogP contribution is -2.32. The van der Waals surface area contributed by atoms with Crippen LogP contribution in [0.1, 0.15) is 29.2 Å². The minimum absolute atomic E-state index is 0.0948. The molecule has 144 valence electrons. The van der Waals surface area contributed by atoms with Gasteiger partial charge in [0.05, 0.1) is 0 Å². The molecule has 0 aliphatic carbocycles. The summed E-state index contributed by atoms with van der Waals surface area (Å²) in [7, 11) is 0.